The first-order chi connectivity index (χ1) is 16.1. The molecule has 2 aliphatic rings. The molecule has 0 bridgehead atoms. The lowest BCUT2D eigenvalue weighted by molar-refractivity contribution is -0.125. The third-order valence-electron chi connectivity index (χ3n) is 6.64. The van der Waals surface area contributed by atoms with E-state index in [9.17, 15) is 9.59 Å². The predicted molar refractivity (Wildman–Crippen MR) is 130 cm³/mol. The van der Waals surface area contributed by atoms with Gasteiger partial charge < -0.3 is 15.5 Å². The van der Waals surface area contributed by atoms with Crippen LogP contribution in [0.4, 0.5) is 5.82 Å². The number of hydrogen-bond acceptors (Lipinski definition) is 4. The molecular weight excluding hydrogens is 412 g/mol. The Morgan fingerprint density at radius 1 is 1.00 bits per heavy atom. The Labute approximate surface area is 194 Å². The van der Waals surface area contributed by atoms with Gasteiger partial charge in [0, 0.05) is 37.0 Å². The van der Waals surface area contributed by atoms with Crippen LogP contribution in [0.15, 0.2) is 54.6 Å². The zero-order valence-electron chi connectivity index (χ0n) is 19.0. The van der Waals surface area contributed by atoms with Crippen LogP contribution in [0.1, 0.15) is 47.2 Å². The molecule has 6 nitrogen and oxygen atoms in total. The number of pyridine rings is 1. The van der Waals surface area contributed by atoms with E-state index in [-0.39, 0.29) is 17.7 Å². The summed E-state index contributed by atoms with van der Waals surface area (Å²) < 4.78 is 0. The van der Waals surface area contributed by atoms with Crippen molar-refractivity contribution in [3.8, 4) is 0 Å². The Morgan fingerprint density at radius 2 is 1.73 bits per heavy atom. The number of nitrogens with one attached hydrogen (secondary N) is 2. The Balaban J connectivity index is 1.24. The van der Waals surface area contributed by atoms with Gasteiger partial charge in [0.05, 0.1) is 11.1 Å². The summed E-state index contributed by atoms with van der Waals surface area (Å²) in [6, 6.07) is 18.3. The predicted octanol–water partition coefficient (Wildman–Crippen LogP) is 3.97. The normalized spacial score (nSPS) is 16.6. The number of anilines is 1. The van der Waals surface area contributed by atoms with Crippen molar-refractivity contribution in [3.63, 3.8) is 0 Å². The van der Waals surface area contributed by atoms with Gasteiger partial charge in [-0.3, -0.25) is 9.59 Å². The number of benzene rings is 2. The van der Waals surface area contributed by atoms with E-state index in [2.05, 4.69) is 46.7 Å². The average molecular weight is 443 g/mol. The topological polar surface area (TPSA) is 74.3 Å². The highest BCUT2D eigenvalue weighted by molar-refractivity contribution is 6.07. The van der Waals surface area contributed by atoms with Crippen molar-refractivity contribution in [2.45, 2.75) is 45.2 Å². The van der Waals surface area contributed by atoms with Gasteiger partial charge in [0.1, 0.15) is 5.82 Å². The Kier molecular flexibility index (Phi) is 5.99. The second-order valence-corrected chi connectivity index (χ2v) is 9.26. The fourth-order valence-electron chi connectivity index (χ4n) is 4.41. The molecule has 0 spiro atoms. The molecule has 1 aromatic heterocycles. The van der Waals surface area contributed by atoms with Gasteiger partial charge >= 0.3 is 0 Å². The highest BCUT2D eigenvalue weighted by atomic mass is 16.2. The maximum atomic E-state index is 12.9. The quantitative estimate of drug-likeness (QED) is 0.606. The largest absolute Gasteiger partial charge is 0.357 e. The summed E-state index contributed by atoms with van der Waals surface area (Å²) in [4.78, 5) is 32.6. The SMILES string of the molecule is Cc1ccc(CNC(=O)C2CCN(c3cc(C(=O)NC4CC4)c4ccccc4n3)CC2)cc1. The molecule has 0 unspecified atom stereocenters. The summed E-state index contributed by atoms with van der Waals surface area (Å²) in [5, 5.41) is 7.08. The van der Waals surface area contributed by atoms with Crippen LogP contribution >= 0.6 is 0 Å². The Morgan fingerprint density at radius 3 is 2.45 bits per heavy atom. The molecule has 2 aromatic carbocycles. The number of hydrogen-bond donors (Lipinski definition) is 2. The third kappa shape index (κ3) is 5.00. The fraction of sp³-hybridized carbons (Fsp3) is 0.370. The van der Waals surface area contributed by atoms with Gasteiger partial charge in [-0.1, -0.05) is 48.0 Å². The number of aromatic nitrogens is 1. The highest BCUT2D eigenvalue weighted by Crippen LogP contribution is 2.28. The summed E-state index contributed by atoms with van der Waals surface area (Å²) in [6.45, 7) is 4.11. The van der Waals surface area contributed by atoms with Gasteiger partial charge in [-0.15, -0.1) is 0 Å². The maximum Gasteiger partial charge on any atom is 0.252 e. The highest BCUT2D eigenvalue weighted by Gasteiger charge is 2.28. The molecule has 33 heavy (non-hydrogen) atoms. The first kappa shape index (κ1) is 21.4. The Hall–Kier alpha value is -3.41. The second-order valence-electron chi connectivity index (χ2n) is 9.26. The molecule has 2 N–H and O–H groups in total. The molecule has 2 amide bonds. The van der Waals surface area contributed by atoms with E-state index in [0.717, 1.165) is 61.1 Å². The molecule has 2 fully saturated rings. The van der Waals surface area contributed by atoms with Crippen LogP contribution in [0.2, 0.25) is 0 Å². The van der Waals surface area contributed by atoms with Crippen molar-refractivity contribution >= 4 is 28.5 Å². The van der Waals surface area contributed by atoms with Crippen LogP contribution in [-0.2, 0) is 11.3 Å². The molecule has 6 heteroatoms. The molecule has 0 atom stereocenters. The summed E-state index contributed by atoms with van der Waals surface area (Å²) in [7, 11) is 0. The minimum Gasteiger partial charge on any atom is -0.357 e. The van der Waals surface area contributed by atoms with E-state index in [1.165, 1.54) is 5.56 Å². The molecule has 1 saturated heterocycles. The molecular formula is C27H30N4O2. The number of amides is 2. The molecule has 5 rings (SSSR count). The van der Waals surface area contributed by atoms with Crippen LogP contribution in [-0.4, -0.2) is 35.9 Å². The number of piperidine rings is 1. The molecule has 1 saturated carbocycles. The Bertz CT molecular complexity index is 1160. The number of carbonyl (C=O) groups is 2. The number of fused-ring (bicyclic) bond motifs is 1. The van der Waals surface area contributed by atoms with Gasteiger partial charge in [0.15, 0.2) is 0 Å². The first-order valence-corrected chi connectivity index (χ1v) is 11.9. The first-order valence-electron chi connectivity index (χ1n) is 11.9. The fourth-order valence-corrected chi connectivity index (χ4v) is 4.41. The van der Waals surface area contributed by atoms with Crippen molar-refractivity contribution in [2.75, 3.05) is 18.0 Å². The number of carbonyl (C=O) groups excluding carboxylic acids is 2. The molecule has 0 radical (unpaired) electrons. The molecule has 3 aromatic rings. The molecule has 170 valence electrons. The number of nitrogens with zero attached hydrogens (tertiary/aromatic N) is 2. The van der Waals surface area contributed by atoms with Crippen molar-refractivity contribution in [3.05, 3.63) is 71.3 Å². The van der Waals surface area contributed by atoms with E-state index in [1.54, 1.807) is 0 Å². The standard InChI is InChI=1S/C27H30N4O2/c1-18-6-8-19(9-7-18)17-28-26(32)20-12-14-31(15-13-20)25-16-23(27(33)29-21-10-11-21)22-4-2-3-5-24(22)30-25/h2-9,16,20-21H,10-15,17H2,1H3,(H,28,32)(H,29,33). The smallest absolute Gasteiger partial charge is 0.252 e. The van der Waals surface area contributed by atoms with Gasteiger partial charge in [-0.25, -0.2) is 4.98 Å². The van der Waals surface area contributed by atoms with Gasteiger partial charge in [-0.2, -0.15) is 0 Å². The van der Waals surface area contributed by atoms with Crippen molar-refractivity contribution in [1.82, 2.24) is 15.6 Å². The average Bonchev–Trinajstić information content (AvgIpc) is 3.67. The lowest BCUT2D eigenvalue weighted by atomic mass is 9.95. The van der Waals surface area contributed by atoms with Crippen molar-refractivity contribution < 1.29 is 9.59 Å². The number of para-hydroxylation sites is 1. The van der Waals surface area contributed by atoms with Gasteiger partial charge in [0.2, 0.25) is 5.91 Å². The molecule has 2 heterocycles. The monoisotopic (exact) mass is 442 g/mol. The third-order valence-corrected chi connectivity index (χ3v) is 6.64. The van der Waals surface area contributed by atoms with Crippen LogP contribution in [0.3, 0.4) is 0 Å². The van der Waals surface area contributed by atoms with E-state index < -0.39 is 0 Å². The molecule has 1 aliphatic heterocycles. The van der Waals surface area contributed by atoms with Crippen LogP contribution < -0.4 is 15.5 Å². The minimum absolute atomic E-state index is 0.00444. The molecule has 1 aliphatic carbocycles. The summed E-state index contributed by atoms with van der Waals surface area (Å²) >= 11 is 0. The maximum absolute atomic E-state index is 12.9. The number of rotatable bonds is 6. The lowest BCUT2D eigenvalue weighted by Crippen LogP contribution is -2.40. The van der Waals surface area contributed by atoms with E-state index in [0.29, 0.717) is 18.2 Å². The van der Waals surface area contributed by atoms with Gasteiger partial charge in [0.25, 0.3) is 5.91 Å². The zero-order valence-corrected chi connectivity index (χ0v) is 19.0. The summed E-state index contributed by atoms with van der Waals surface area (Å²) in [5.74, 6) is 0.909. The van der Waals surface area contributed by atoms with Gasteiger partial charge in [-0.05, 0) is 50.3 Å². The van der Waals surface area contributed by atoms with Crippen molar-refractivity contribution in [2.24, 2.45) is 5.92 Å². The minimum atomic E-state index is -0.0253. The number of aryl methyl sites for hydroxylation is 1. The lowest BCUT2D eigenvalue weighted by Gasteiger charge is -2.32. The summed E-state index contributed by atoms with van der Waals surface area (Å²) in [6.07, 6.45) is 3.66. The van der Waals surface area contributed by atoms with E-state index in [1.807, 2.05) is 30.3 Å². The zero-order chi connectivity index (χ0) is 22.8. The van der Waals surface area contributed by atoms with E-state index in [4.69, 9.17) is 4.98 Å². The van der Waals surface area contributed by atoms with Crippen LogP contribution in [0.25, 0.3) is 10.9 Å². The summed E-state index contributed by atoms with van der Waals surface area (Å²) in [5.41, 5.74) is 3.84. The van der Waals surface area contributed by atoms with Crippen LogP contribution in [0.5, 0.6) is 0 Å². The second kappa shape index (κ2) is 9.22. The van der Waals surface area contributed by atoms with Crippen molar-refractivity contribution in [1.29, 1.82) is 0 Å². The van der Waals surface area contributed by atoms with E-state index >= 15 is 0 Å². The van der Waals surface area contributed by atoms with Crippen LogP contribution in [0, 0.1) is 12.8 Å².